The highest BCUT2D eigenvalue weighted by Gasteiger charge is 2.45. The van der Waals surface area contributed by atoms with E-state index in [4.69, 9.17) is 0 Å². The largest absolute Gasteiger partial charge is 0.394 e. The fraction of sp³-hybridized carbons (Fsp3) is 1.00. The van der Waals surface area contributed by atoms with Gasteiger partial charge in [0.2, 0.25) is 0 Å². The van der Waals surface area contributed by atoms with E-state index in [1.165, 1.54) is 19.3 Å². The van der Waals surface area contributed by atoms with Gasteiger partial charge in [0.15, 0.2) is 0 Å². The molecule has 0 bridgehead atoms. The number of nitrogens with zero attached hydrogens (tertiary/aromatic N) is 1. The Hall–Kier alpha value is -0.120. The standard InChI is InChI=1S/C15H32N2O/c1-5-17(6-2)12-11-16-15(13-18)10-8-7-9-14(15,3)4/h16,18H,5-13H2,1-4H3. The van der Waals surface area contributed by atoms with Gasteiger partial charge < -0.3 is 15.3 Å². The second kappa shape index (κ2) is 6.88. The maximum absolute atomic E-state index is 9.88. The normalized spacial score (nSPS) is 27.7. The van der Waals surface area contributed by atoms with Gasteiger partial charge in [-0.1, -0.05) is 40.5 Å². The lowest BCUT2D eigenvalue weighted by molar-refractivity contribution is 0.00949. The van der Waals surface area contributed by atoms with Crippen LogP contribution in [-0.4, -0.2) is 48.3 Å². The van der Waals surface area contributed by atoms with Crippen LogP contribution in [0.15, 0.2) is 0 Å². The van der Waals surface area contributed by atoms with Gasteiger partial charge in [-0.3, -0.25) is 0 Å². The van der Waals surface area contributed by atoms with E-state index in [-0.39, 0.29) is 17.6 Å². The molecule has 0 aromatic heterocycles. The third-order valence-corrected chi connectivity index (χ3v) is 5.01. The van der Waals surface area contributed by atoms with E-state index in [9.17, 15) is 5.11 Å². The van der Waals surface area contributed by atoms with Crippen LogP contribution in [0.25, 0.3) is 0 Å². The van der Waals surface area contributed by atoms with Crippen molar-refractivity contribution < 1.29 is 5.11 Å². The molecule has 1 unspecified atom stereocenters. The minimum Gasteiger partial charge on any atom is -0.394 e. The molecule has 1 aliphatic carbocycles. The van der Waals surface area contributed by atoms with Gasteiger partial charge in [-0.2, -0.15) is 0 Å². The molecular weight excluding hydrogens is 224 g/mol. The van der Waals surface area contributed by atoms with Gasteiger partial charge in [-0.05, 0) is 31.3 Å². The molecule has 0 aromatic rings. The lowest BCUT2D eigenvalue weighted by Crippen LogP contribution is -2.61. The molecule has 0 amide bonds. The zero-order chi connectivity index (χ0) is 13.6. The van der Waals surface area contributed by atoms with Crippen molar-refractivity contribution in [2.75, 3.05) is 32.8 Å². The molecule has 3 heteroatoms. The van der Waals surface area contributed by atoms with Crippen LogP contribution in [0.3, 0.4) is 0 Å². The zero-order valence-corrected chi connectivity index (χ0v) is 12.8. The summed E-state index contributed by atoms with van der Waals surface area (Å²) >= 11 is 0. The van der Waals surface area contributed by atoms with Crippen LogP contribution in [0, 0.1) is 5.41 Å². The van der Waals surface area contributed by atoms with Crippen LogP contribution in [0.4, 0.5) is 0 Å². The number of rotatable bonds is 7. The Bertz CT molecular complexity index is 239. The third kappa shape index (κ3) is 3.46. The summed E-state index contributed by atoms with van der Waals surface area (Å²) in [4.78, 5) is 2.42. The maximum Gasteiger partial charge on any atom is 0.0618 e. The quantitative estimate of drug-likeness (QED) is 0.733. The lowest BCUT2D eigenvalue weighted by Gasteiger charge is -2.50. The Morgan fingerprint density at radius 2 is 1.72 bits per heavy atom. The van der Waals surface area contributed by atoms with Gasteiger partial charge in [-0.25, -0.2) is 0 Å². The molecule has 0 spiro atoms. The molecule has 1 rings (SSSR count). The fourth-order valence-corrected chi connectivity index (χ4v) is 3.24. The first-order chi connectivity index (χ1) is 8.51. The summed E-state index contributed by atoms with van der Waals surface area (Å²) in [5, 5.41) is 13.6. The molecule has 108 valence electrons. The first-order valence-corrected chi connectivity index (χ1v) is 7.59. The van der Waals surface area contributed by atoms with Crippen LogP contribution < -0.4 is 5.32 Å². The Morgan fingerprint density at radius 3 is 2.22 bits per heavy atom. The Morgan fingerprint density at radius 1 is 1.11 bits per heavy atom. The number of hydrogen-bond donors (Lipinski definition) is 2. The van der Waals surface area contributed by atoms with E-state index >= 15 is 0 Å². The summed E-state index contributed by atoms with van der Waals surface area (Å²) in [7, 11) is 0. The second-order valence-electron chi connectivity index (χ2n) is 6.28. The number of aliphatic hydroxyl groups excluding tert-OH is 1. The topological polar surface area (TPSA) is 35.5 Å². The van der Waals surface area contributed by atoms with Gasteiger partial charge in [0.25, 0.3) is 0 Å². The summed E-state index contributed by atoms with van der Waals surface area (Å²) in [5.41, 5.74) is 0.127. The summed E-state index contributed by atoms with van der Waals surface area (Å²) < 4.78 is 0. The average molecular weight is 256 g/mol. The molecule has 1 atom stereocenters. The molecule has 0 heterocycles. The van der Waals surface area contributed by atoms with Crippen LogP contribution >= 0.6 is 0 Å². The zero-order valence-electron chi connectivity index (χ0n) is 12.8. The minimum absolute atomic E-state index is 0.0710. The Kier molecular flexibility index (Phi) is 6.09. The molecule has 0 aliphatic heterocycles. The molecule has 0 radical (unpaired) electrons. The SMILES string of the molecule is CCN(CC)CCNC1(CO)CCCCC1(C)C. The first-order valence-electron chi connectivity index (χ1n) is 7.59. The van der Waals surface area contributed by atoms with E-state index < -0.39 is 0 Å². The van der Waals surface area contributed by atoms with Crippen molar-refractivity contribution in [1.82, 2.24) is 10.2 Å². The maximum atomic E-state index is 9.88. The van der Waals surface area contributed by atoms with E-state index in [2.05, 4.69) is 37.9 Å². The smallest absolute Gasteiger partial charge is 0.0618 e. The predicted octanol–water partition coefficient (Wildman–Crippen LogP) is 2.25. The molecular formula is C15H32N2O. The van der Waals surface area contributed by atoms with E-state index in [0.717, 1.165) is 32.6 Å². The molecule has 0 aromatic carbocycles. The van der Waals surface area contributed by atoms with E-state index in [0.29, 0.717) is 0 Å². The van der Waals surface area contributed by atoms with Crippen molar-refractivity contribution in [3.8, 4) is 0 Å². The average Bonchev–Trinajstić information content (AvgIpc) is 2.36. The highest BCUT2D eigenvalue weighted by atomic mass is 16.3. The Balaban J connectivity index is 2.54. The number of likely N-dealkylation sites (N-methyl/N-ethyl adjacent to an activating group) is 1. The third-order valence-electron chi connectivity index (χ3n) is 5.01. The molecule has 18 heavy (non-hydrogen) atoms. The minimum atomic E-state index is -0.0710. The number of hydrogen-bond acceptors (Lipinski definition) is 3. The van der Waals surface area contributed by atoms with Gasteiger partial charge in [0.1, 0.15) is 0 Å². The lowest BCUT2D eigenvalue weighted by atomic mass is 9.63. The van der Waals surface area contributed by atoms with Crippen LogP contribution in [0.1, 0.15) is 53.4 Å². The van der Waals surface area contributed by atoms with Crippen molar-refractivity contribution >= 4 is 0 Å². The van der Waals surface area contributed by atoms with Gasteiger partial charge >= 0.3 is 0 Å². The van der Waals surface area contributed by atoms with E-state index in [1.54, 1.807) is 0 Å². The molecule has 1 fully saturated rings. The summed E-state index contributed by atoms with van der Waals surface area (Å²) in [6.07, 6.45) is 4.86. The predicted molar refractivity (Wildman–Crippen MR) is 77.9 cm³/mol. The highest BCUT2D eigenvalue weighted by Crippen LogP contribution is 2.43. The Labute approximate surface area is 113 Å². The first kappa shape index (κ1) is 15.9. The number of aliphatic hydroxyl groups is 1. The molecule has 1 aliphatic rings. The summed E-state index contributed by atoms with van der Waals surface area (Å²) in [6, 6.07) is 0. The van der Waals surface area contributed by atoms with Gasteiger partial charge in [0, 0.05) is 18.6 Å². The van der Waals surface area contributed by atoms with Crippen LogP contribution in [0.5, 0.6) is 0 Å². The molecule has 2 N–H and O–H groups in total. The van der Waals surface area contributed by atoms with Crippen molar-refractivity contribution in [3.63, 3.8) is 0 Å². The summed E-state index contributed by atoms with van der Waals surface area (Å²) in [6.45, 7) is 13.5. The summed E-state index contributed by atoms with van der Waals surface area (Å²) in [5.74, 6) is 0. The van der Waals surface area contributed by atoms with Crippen molar-refractivity contribution in [2.45, 2.75) is 58.9 Å². The molecule has 1 saturated carbocycles. The van der Waals surface area contributed by atoms with Crippen molar-refractivity contribution in [1.29, 1.82) is 0 Å². The molecule has 0 saturated heterocycles. The van der Waals surface area contributed by atoms with E-state index in [1.807, 2.05) is 0 Å². The number of nitrogens with one attached hydrogen (secondary N) is 1. The molecule has 3 nitrogen and oxygen atoms in total. The second-order valence-corrected chi connectivity index (χ2v) is 6.28. The highest BCUT2D eigenvalue weighted by molar-refractivity contribution is 5.02. The fourth-order valence-electron chi connectivity index (χ4n) is 3.24. The van der Waals surface area contributed by atoms with Crippen molar-refractivity contribution in [2.24, 2.45) is 5.41 Å². The van der Waals surface area contributed by atoms with Crippen LogP contribution in [-0.2, 0) is 0 Å². The monoisotopic (exact) mass is 256 g/mol. The van der Waals surface area contributed by atoms with Gasteiger partial charge in [-0.15, -0.1) is 0 Å². The van der Waals surface area contributed by atoms with Gasteiger partial charge in [0.05, 0.1) is 6.61 Å². The van der Waals surface area contributed by atoms with Crippen molar-refractivity contribution in [3.05, 3.63) is 0 Å². The van der Waals surface area contributed by atoms with Crippen LogP contribution in [0.2, 0.25) is 0 Å².